The molecule has 0 amide bonds. The highest BCUT2D eigenvalue weighted by molar-refractivity contribution is 5.89. The maximum Gasteiger partial charge on any atom is 0.573 e. The van der Waals surface area contributed by atoms with Crippen molar-refractivity contribution >= 4 is 11.8 Å². The molecule has 0 unspecified atom stereocenters. The first kappa shape index (κ1) is 20.2. The van der Waals surface area contributed by atoms with Crippen molar-refractivity contribution in [3.8, 4) is 17.0 Å². The van der Waals surface area contributed by atoms with Gasteiger partial charge in [-0.2, -0.15) is 5.10 Å². The number of benzene rings is 2. The molecule has 1 N–H and O–H groups in total. The zero-order valence-corrected chi connectivity index (χ0v) is 15.7. The monoisotopic (exact) mass is 405 g/mol. The van der Waals surface area contributed by atoms with E-state index in [1.54, 1.807) is 48.1 Å². The molecule has 0 saturated heterocycles. The third-order valence-corrected chi connectivity index (χ3v) is 4.11. The molecule has 1 aromatic heterocycles. The van der Waals surface area contributed by atoms with Crippen molar-refractivity contribution in [2.75, 3.05) is 12.4 Å². The number of hydrogen-bond donors (Lipinski definition) is 1. The number of alkyl halides is 3. The first-order chi connectivity index (χ1) is 13.7. The Hall–Kier alpha value is -3.49. The second-order valence-electron chi connectivity index (χ2n) is 6.15. The van der Waals surface area contributed by atoms with Crippen LogP contribution in [0.4, 0.5) is 19.0 Å². The summed E-state index contributed by atoms with van der Waals surface area (Å²) >= 11 is 0. The van der Waals surface area contributed by atoms with Crippen LogP contribution in [0.2, 0.25) is 0 Å². The predicted molar refractivity (Wildman–Crippen MR) is 100 cm³/mol. The summed E-state index contributed by atoms with van der Waals surface area (Å²) in [5.74, 6) is 0.0544. The quantitative estimate of drug-likeness (QED) is 0.617. The Kier molecular flexibility index (Phi) is 5.76. The highest BCUT2D eigenvalue weighted by Gasteiger charge is 2.30. The van der Waals surface area contributed by atoms with Crippen LogP contribution in [-0.4, -0.2) is 29.2 Å². The summed E-state index contributed by atoms with van der Waals surface area (Å²) in [6.45, 7) is 0.395. The van der Waals surface area contributed by atoms with Crippen molar-refractivity contribution in [3.63, 3.8) is 0 Å². The number of ether oxygens (including phenoxy) is 2. The summed E-state index contributed by atoms with van der Waals surface area (Å²) in [7, 11) is 3.10. The van der Waals surface area contributed by atoms with Gasteiger partial charge in [0, 0.05) is 25.2 Å². The highest BCUT2D eigenvalue weighted by atomic mass is 19.4. The van der Waals surface area contributed by atoms with Crippen molar-refractivity contribution in [2.45, 2.75) is 12.9 Å². The Balaban J connectivity index is 1.65. The van der Waals surface area contributed by atoms with Crippen LogP contribution in [-0.2, 0) is 18.3 Å². The number of methoxy groups -OCH3 is 1. The number of aryl methyl sites for hydroxylation is 1. The fraction of sp³-hybridized carbons (Fsp3) is 0.200. The smallest absolute Gasteiger partial charge is 0.465 e. The van der Waals surface area contributed by atoms with E-state index in [0.717, 1.165) is 16.9 Å². The molecule has 0 fully saturated rings. The summed E-state index contributed by atoms with van der Waals surface area (Å²) in [4.78, 5) is 11.5. The summed E-state index contributed by atoms with van der Waals surface area (Å²) in [5, 5.41) is 7.62. The Morgan fingerprint density at radius 1 is 1.10 bits per heavy atom. The molecule has 1 heterocycles. The number of carbonyl (C=O) groups excluding carboxylic acids is 1. The molecule has 6 nitrogen and oxygen atoms in total. The van der Waals surface area contributed by atoms with Crippen LogP contribution in [0.1, 0.15) is 15.9 Å². The van der Waals surface area contributed by atoms with E-state index in [4.69, 9.17) is 0 Å². The van der Waals surface area contributed by atoms with Gasteiger partial charge in [0.25, 0.3) is 0 Å². The number of halogens is 3. The lowest BCUT2D eigenvalue weighted by atomic mass is 10.1. The first-order valence-corrected chi connectivity index (χ1v) is 8.56. The first-order valence-electron chi connectivity index (χ1n) is 8.56. The Morgan fingerprint density at radius 2 is 1.76 bits per heavy atom. The average Bonchev–Trinajstić information content (AvgIpc) is 3.06. The average molecular weight is 405 g/mol. The Morgan fingerprint density at radius 3 is 2.34 bits per heavy atom. The molecule has 2 aromatic carbocycles. The van der Waals surface area contributed by atoms with E-state index < -0.39 is 12.3 Å². The molecule has 0 aliphatic heterocycles. The second-order valence-corrected chi connectivity index (χ2v) is 6.15. The molecule has 0 saturated carbocycles. The maximum atomic E-state index is 12.2. The fourth-order valence-electron chi connectivity index (χ4n) is 2.67. The molecule has 3 aromatic rings. The highest BCUT2D eigenvalue weighted by Crippen LogP contribution is 2.24. The molecule has 0 bridgehead atoms. The Labute approximate surface area is 164 Å². The zero-order valence-electron chi connectivity index (χ0n) is 15.7. The molecule has 0 aliphatic rings. The topological polar surface area (TPSA) is 65.4 Å². The van der Waals surface area contributed by atoms with Gasteiger partial charge >= 0.3 is 12.3 Å². The minimum absolute atomic E-state index is 0.264. The Bertz CT molecular complexity index is 981. The fourth-order valence-corrected chi connectivity index (χ4v) is 2.67. The van der Waals surface area contributed by atoms with Gasteiger partial charge in [0.1, 0.15) is 11.6 Å². The third-order valence-electron chi connectivity index (χ3n) is 4.11. The summed E-state index contributed by atoms with van der Waals surface area (Å²) in [5.41, 5.74) is 2.77. The standard InChI is InChI=1S/C20H18F3N3O3/c1-26-18(24-12-13-3-9-16(10-4-13)29-20(21,22)23)11-17(25-26)14-5-7-15(8-6-14)19(27)28-2/h3-11,24H,12H2,1-2H3. The number of hydrogen-bond acceptors (Lipinski definition) is 5. The summed E-state index contributed by atoms with van der Waals surface area (Å²) < 4.78 is 46.8. The van der Waals surface area contributed by atoms with Crippen molar-refractivity contribution in [2.24, 2.45) is 7.05 Å². The van der Waals surface area contributed by atoms with Gasteiger partial charge in [-0.1, -0.05) is 24.3 Å². The van der Waals surface area contributed by atoms with Gasteiger partial charge in [-0.25, -0.2) is 4.79 Å². The molecule has 29 heavy (non-hydrogen) atoms. The molecular formula is C20H18F3N3O3. The van der Waals surface area contributed by atoms with E-state index in [0.29, 0.717) is 17.8 Å². The van der Waals surface area contributed by atoms with Crippen LogP contribution in [0, 0.1) is 0 Å². The van der Waals surface area contributed by atoms with Gasteiger partial charge in [0.05, 0.1) is 18.4 Å². The molecule has 0 atom stereocenters. The van der Waals surface area contributed by atoms with Gasteiger partial charge in [-0.15, -0.1) is 13.2 Å². The van der Waals surface area contributed by atoms with E-state index >= 15 is 0 Å². The van der Waals surface area contributed by atoms with E-state index in [1.807, 2.05) is 6.07 Å². The number of nitrogens with one attached hydrogen (secondary N) is 1. The largest absolute Gasteiger partial charge is 0.573 e. The third kappa shape index (κ3) is 5.28. The lowest BCUT2D eigenvalue weighted by Gasteiger charge is -2.10. The lowest BCUT2D eigenvalue weighted by molar-refractivity contribution is -0.274. The second kappa shape index (κ2) is 8.26. The molecule has 9 heteroatoms. The minimum atomic E-state index is -4.71. The lowest BCUT2D eigenvalue weighted by Crippen LogP contribution is -2.17. The van der Waals surface area contributed by atoms with E-state index in [-0.39, 0.29) is 5.75 Å². The SMILES string of the molecule is COC(=O)c1ccc(-c2cc(NCc3ccc(OC(F)(F)F)cc3)n(C)n2)cc1. The van der Waals surface area contributed by atoms with Gasteiger partial charge in [-0.05, 0) is 29.8 Å². The number of nitrogens with zero attached hydrogens (tertiary/aromatic N) is 2. The van der Waals surface area contributed by atoms with Crippen LogP contribution in [0.3, 0.4) is 0 Å². The number of carbonyl (C=O) groups is 1. The molecule has 152 valence electrons. The number of esters is 1. The molecule has 3 rings (SSSR count). The zero-order chi connectivity index (χ0) is 21.0. The van der Waals surface area contributed by atoms with E-state index in [2.05, 4.69) is 19.9 Å². The number of anilines is 1. The number of aromatic nitrogens is 2. The van der Waals surface area contributed by atoms with Crippen LogP contribution < -0.4 is 10.1 Å². The van der Waals surface area contributed by atoms with Gasteiger partial charge in [0.2, 0.25) is 0 Å². The van der Waals surface area contributed by atoms with Crippen LogP contribution >= 0.6 is 0 Å². The normalized spacial score (nSPS) is 11.2. The summed E-state index contributed by atoms with van der Waals surface area (Å²) in [6.07, 6.45) is -4.71. The maximum absolute atomic E-state index is 12.2. The van der Waals surface area contributed by atoms with Crippen LogP contribution in [0.15, 0.2) is 54.6 Å². The summed E-state index contributed by atoms with van der Waals surface area (Å²) in [6, 6.07) is 14.3. The van der Waals surface area contributed by atoms with Crippen LogP contribution in [0.5, 0.6) is 5.75 Å². The van der Waals surface area contributed by atoms with Crippen molar-refractivity contribution < 1.29 is 27.4 Å². The van der Waals surface area contributed by atoms with Crippen molar-refractivity contribution in [3.05, 3.63) is 65.7 Å². The van der Waals surface area contributed by atoms with Gasteiger partial charge in [0.15, 0.2) is 0 Å². The minimum Gasteiger partial charge on any atom is -0.465 e. The molecular weight excluding hydrogens is 387 g/mol. The van der Waals surface area contributed by atoms with E-state index in [1.165, 1.54) is 19.2 Å². The number of rotatable bonds is 6. The molecule has 0 radical (unpaired) electrons. The van der Waals surface area contributed by atoms with Crippen molar-refractivity contribution in [1.29, 1.82) is 0 Å². The van der Waals surface area contributed by atoms with Crippen molar-refractivity contribution in [1.82, 2.24) is 9.78 Å². The predicted octanol–water partition coefficient (Wildman–Crippen LogP) is 4.38. The van der Waals surface area contributed by atoms with Gasteiger partial charge in [-0.3, -0.25) is 4.68 Å². The van der Waals surface area contributed by atoms with Gasteiger partial charge < -0.3 is 14.8 Å². The molecule has 0 spiro atoms. The van der Waals surface area contributed by atoms with Crippen LogP contribution in [0.25, 0.3) is 11.3 Å². The van der Waals surface area contributed by atoms with E-state index in [9.17, 15) is 18.0 Å². The molecule has 0 aliphatic carbocycles.